The summed E-state index contributed by atoms with van der Waals surface area (Å²) in [5, 5.41) is 0. The monoisotopic (exact) mass is 265 g/mol. The van der Waals surface area contributed by atoms with E-state index in [4.69, 9.17) is 0 Å². The Bertz CT molecular complexity index is 307. The molecule has 110 valence electrons. The molecule has 0 spiro atoms. The molecule has 0 saturated heterocycles. The van der Waals surface area contributed by atoms with Gasteiger partial charge in [0.2, 0.25) is 0 Å². The van der Waals surface area contributed by atoms with E-state index in [1.807, 2.05) is 0 Å². The molecule has 2 nitrogen and oxygen atoms in total. The second-order valence-electron chi connectivity index (χ2n) is 7.47. The van der Waals surface area contributed by atoms with Crippen LogP contribution in [-0.2, 0) is 4.79 Å². The molecule has 0 aromatic carbocycles. The molecule has 0 aromatic heterocycles. The summed E-state index contributed by atoms with van der Waals surface area (Å²) in [4.78, 5) is 15.4. The van der Waals surface area contributed by atoms with E-state index < -0.39 is 0 Å². The van der Waals surface area contributed by atoms with Crippen LogP contribution in [0.25, 0.3) is 0 Å². The fourth-order valence-corrected chi connectivity index (χ4v) is 4.59. The summed E-state index contributed by atoms with van der Waals surface area (Å²) in [7, 11) is 4.22. The van der Waals surface area contributed by atoms with Crippen LogP contribution in [0.3, 0.4) is 0 Å². The number of Topliss-reactive ketones (excluding diaryl/α,β-unsaturated/α-hetero) is 1. The van der Waals surface area contributed by atoms with Crippen molar-refractivity contribution >= 4 is 5.78 Å². The first-order valence-electron chi connectivity index (χ1n) is 8.17. The lowest BCUT2D eigenvalue weighted by molar-refractivity contribution is -0.138. The molecule has 0 radical (unpaired) electrons. The Morgan fingerprint density at radius 3 is 1.95 bits per heavy atom. The third-order valence-electron chi connectivity index (χ3n) is 5.54. The van der Waals surface area contributed by atoms with Gasteiger partial charge in [0.1, 0.15) is 0 Å². The molecule has 0 amide bonds. The first-order valence-corrected chi connectivity index (χ1v) is 8.17. The Hall–Kier alpha value is -0.370. The number of hydrogen-bond donors (Lipinski definition) is 0. The van der Waals surface area contributed by atoms with Gasteiger partial charge in [-0.3, -0.25) is 9.69 Å². The van der Waals surface area contributed by atoms with Gasteiger partial charge in [0.15, 0.2) is 5.78 Å². The number of nitrogens with zero attached hydrogens (tertiary/aromatic N) is 1. The third kappa shape index (κ3) is 3.04. The van der Waals surface area contributed by atoms with Crippen molar-refractivity contribution in [2.45, 2.75) is 70.8 Å². The average Bonchev–Trinajstić information content (AvgIpc) is 2.37. The van der Waals surface area contributed by atoms with E-state index in [1.54, 1.807) is 0 Å². The number of likely N-dealkylation sites (N-methyl/N-ethyl adjacent to an activating group) is 1. The molecule has 2 unspecified atom stereocenters. The van der Waals surface area contributed by atoms with Gasteiger partial charge in [-0.2, -0.15) is 0 Å². The SMILES string of the molecule is CC1CC(C)CC(C(=O)C2(N(C)C)CCCCC2)C1. The first kappa shape index (κ1) is 15.0. The fourth-order valence-electron chi connectivity index (χ4n) is 4.59. The van der Waals surface area contributed by atoms with Crippen LogP contribution in [-0.4, -0.2) is 30.3 Å². The van der Waals surface area contributed by atoms with Crippen LogP contribution in [0.4, 0.5) is 0 Å². The molecule has 2 saturated carbocycles. The van der Waals surface area contributed by atoms with E-state index in [1.165, 1.54) is 25.7 Å². The fraction of sp³-hybridized carbons (Fsp3) is 0.941. The summed E-state index contributed by atoms with van der Waals surface area (Å²) in [6.45, 7) is 4.64. The predicted octanol–water partition coefficient (Wildman–Crippen LogP) is 3.89. The highest BCUT2D eigenvalue weighted by atomic mass is 16.1. The lowest BCUT2D eigenvalue weighted by Gasteiger charge is -2.45. The van der Waals surface area contributed by atoms with Gasteiger partial charge < -0.3 is 0 Å². The van der Waals surface area contributed by atoms with E-state index in [9.17, 15) is 4.79 Å². The predicted molar refractivity (Wildman–Crippen MR) is 80.2 cm³/mol. The molecular formula is C17H31NO. The lowest BCUT2D eigenvalue weighted by Crippen LogP contribution is -2.55. The van der Waals surface area contributed by atoms with E-state index >= 15 is 0 Å². The van der Waals surface area contributed by atoms with Crippen molar-refractivity contribution < 1.29 is 4.79 Å². The molecule has 2 fully saturated rings. The second kappa shape index (κ2) is 5.95. The van der Waals surface area contributed by atoms with Gasteiger partial charge in [0.05, 0.1) is 5.54 Å². The highest BCUT2D eigenvalue weighted by Gasteiger charge is 2.45. The highest BCUT2D eigenvalue weighted by molar-refractivity contribution is 5.90. The molecular weight excluding hydrogens is 234 g/mol. The van der Waals surface area contributed by atoms with Gasteiger partial charge in [0.25, 0.3) is 0 Å². The lowest BCUT2D eigenvalue weighted by atomic mass is 9.67. The van der Waals surface area contributed by atoms with Crippen LogP contribution >= 0.6 is 0 Å². The van der Waals surface area contributed by atoms with Crippen molar-refractivity contribution in [3.8, 4) is 0 Å². The Morgan fingerprint density at radius 1 is 0.947 bits per heavy atom. The summed E-state index contributed by atoms with van der Waals surface area (Å²) in [6.07, 6.45) is 9.47. The molecule has 2 aliphatic carbocycles. The van der Waals surface area contributed by atoms with Crippen molar-refractivity contribution in [3.05, 3.63) is 0 Å². The largest absolute Gasteiger partial charge is 0.297 e. The highest BCUT2D eigenvalue weighted by Crippen LogP contribution is 2.41. The zero-order chi connectivity index (χ0) is 14.0. The molecule has 0 aromatic rings. The van der Waals surface area contributed by atoms with Crippen LogP contribution in [0.5, 0.6) is 0 Å². The van der Waals surface area contributed by atoms with Crippen molar-refractivity contribution in [1.29, 1.82) is 0 Å². The minimum absolute atomic E-state index is 0.139. The van der Waals surface area contributed by atoms with Gasteiger partial charge >= 0.3 is 0 Å². The average molecular weight is 265 g/mol. The van der Waals surface area contributed by atoms with Gasteiger partial charge in [-0.25, -0.2) is 0 Å². The zero-order valence-electron chi connectivity index (χ0n) is 13.2. The van der Waals surface area contributed by atoms with E-state index in [2.05, 4.69) is 32.8 Å². The van der Waals surface area contributed by atoms with Gasteiger partial charge in [0, 0.05) is 5.92 Å². The number of hydrogen-bond acceptors (Lipinski definition) is 2. The minimum Gasteiger partial charge on any atom is -0.297 e. The van der Waals surface area contributed by atoms with Gasteiger partial charge in [-0.05, 0) is 58.0 Å². The Morgan fingerprint density at radius 2 is 1.47 bits per heavy atom. The van der Waals surface area contributed by atoms with Crippen molar-refractivity contribution in [2.24, 2.45) is 17.8 Å². The standard InChI is InChI=1S/C17H31NO/c1-13-10-14(2)12-15(11-13)16(19)17(18(3)4)8-6-5-7-9-17/h13-15H,5-12H2,1-4H3. The van der Waals surface area contributed by atoms with E-state index in [-0.39, 0.29) is 5.54 Å². The number of ketones is 1. The van der Waals surface area contributed by atoms with Crippen LogP contribution in [0, 0.1) is 17.8 Å². The van der Waals surface area contributed by atoms with Crippen molar-refractivity contribution in [2.75, 3.05) is 14.1 Å². The Balaban J connectivity index is 2.15. The molecule has 0 aliphatic heterocycles. The van der Waals surface area contributed by atoms with Crippen LogP contribution in [0.1, 0.15) is 65.2 Å². The second-order valence-corrected chi connectivity index (χ2v) is 7.47. The molecule has 0 heterocycles. The first-order chi connectivity index (χ1) is 8.95. The Kier molecular flexibility index (Phi) is 4.70. The third-order valence-corrected chi connectivity index (χ3v) is 5.54. The molecule has 19 heavy (non-hydrogen) atoms. The summed E-state index contributed by atoms with van der Waals surface area (Å²) in [5.74, 6) is 2.33. The molecule has 2 rings (SSSR count). The number of rotatable bonds is 3. The Labute approximate surface area is 118 Å². The maximum Gasteiger partial charge on any atom is 0.156 e. The van der Waals surface area contributed by atoms with Gasteiger partial charge in [-0.1, -0.05) is 33.1 Å². The van der Waals surface area contributed by atoms with Crippen LogP contribution < -0.4 is 0 Å². The minimum atomic E-state index is -0.139. The summed E-state index contributed by atoms with van der Waals surface area (Å²) < 4.78 is 0. The molecule has 2 atom stereocenters. The van der Waals surface area contributed by atoms with E-state index in [0.29, 0.717) is 11.7 Å². The maximum absolute atomic E-state index is 13.2. The van der Waals surface area contributed by atoms with Gasteiger partial charge in [-0.15, -0.1) is 0 Å². The summed E-state index contributed by atoms with van der Waals surface area (Å²) in [6, 6.07) is 0. The normalized spacial score (nSPS) is 35.3. The maximum atomic E-state index is 13.2. The van der Waals surface area contributed by atoms with Crippen LogP contribution in [0.15, 0.2) is 0 Å². The summed E-state index contributed by atoms with van der Waals surface area (Å²) >= 11 is 0. The number of carbonyl (C=O) groups excluding carboxylic acids is 1. The molecule has 0 N–H and O–H groups in total. The molecule has 0 bridgehead atoms. The molecule has 2 aliphatic rings. The smallest absolute Gasteiger partial charge is 0.156 e. The number of carbonyl (C=O) groups is 1. The van der Waals surface area contributed by atoms with Crippen molar-refractivity contribution in [3.63, 3.8) is 0 Å². The topological polar surface area (TPSA) is 20.3 Å². The quantitative estimate of drug-likeness (QED) is 0.771. The zero-order valence-corrected chi connectivity index (χ0v) is 13.2. The molecule has 2 heteroatoms. The summed E-state index contributed by atoms with van der Waals surface area (Å²) in [5.41, 5.74) is -0.139. The van der Waals surface area contributed by atoms with E-state index in [0.717, 1.165) is 37.5 Å². The van der Waals surface area contributed by atoms with Crippen LogP contribution in [0.2, 0.25) is 0 Å². The van der Waals surface area contributed by atoms with Crippen molar-refractivity contribution in [1.82, 2.24) is 4.90 Å².